The molecular weight excluding hydrogens is 1210 g/mol. The molecule has 0 bridgehead atoms. The SMILES string of the molecule is CCC(C)CCCCCCCCCCCCC(=O)OC[C@H](COP(=O)(O)OCC(O)COP(=O)(O)OC[C@@H](COC(=O)CCCCCCCCCC(C)C)OC(=O)CCCCCCCCCCCCCCC(C)C)OC(=O)CCCCCCCCCCCCC(C)C. The standard InChI is InChI=1S/C73H142O17P2/c1-9-66(8)52-44-36-28-20-15-17-21-29-37-45-53-70(75)83-59-68(89-73(78)56-48-40-31-23-16-14-19-26-34-42-50-64(4)5)61-87-91(79,80)85-57-67(74)58-86-92(81,82)88-62-69(60-84-71(76)54-46-38-32-24-27-35-43-51-65(6)7)90-72(77)55-47-39-30-22-13-11-10-12-18-25-33-41-49-63(2)3/h63-69,74H,9-62H2,1-8H3,(H,79,80)(H,81,82)/t66?,67?,68-,69-/m1/s1. The summed E-state index contributed by atoms with van der Waals surface area (Å²) in [7, 11) is -9.91. The number of carbonyl (C=O) groups excluding carboxylic acids is 4. The van der Waals surface area contributed by atoms with Gasteiger partial charge in [0.25, 0.3) is 0 Å². The van der Waals surface area contributed by atoms with Gasteiger partial charge in [-0.15, -0.1) is 0 Å². The zero-order valence-corrected chi connectivity index (χ0v) is 62.0. The lowest BCUT2D eigenvalue weighted by Gasteiger charge is -2.21. The first-order chi connectivity index (χ1) is 44.1. The summed E-state index contributed by atoms with van der Waals surface area (Å²) in [6.07, 6.45) is 45.7. The Bertz CT molecular complexity index is 1820. The molecule has 0 aliphatic carbocycles. The first-order valence-corrected chi connectivity index (χ1v) is 40.7. The highest BCUT2D eigenvalue weighted by Crippen LogP contribution is 2.45. The Balaban J connectivity index is 5.26. The van der Waals surface area contributed by atoms with Crippen LogP contribution >= 0.6 is 15.6 Å². The molecule has 17 nitrogen and oxygen atoms in total. The first-order valence-electron chi connectivity index (χ1n) is 37.7. The van der Waals surface area contributed by atoms with Gasteiger partial charge in [-0.05, 0) is 49.4 Å². The second-order valence-electron chi connectivity index (χ2n) is 28.0. The van der Waals surface area contributed by atoms with E-state index in [2.05, 4.69) is 55.4 Å². The Hall–Kier alpha value is -1.94. The Morgan fingerprint density at radius 2 is 0.522 bits per heavy atom. The summed E-state index contributed by atoms with van der Waals surface area (Å²) in [6, 6.07) is 0. The lowest BCUT2D eigenvalue weighted by Crippen LogP contribution is -2.30. The number of hydrogen-bond acceptors (Lipinski definition) is 15. The summed E-state index contributed by atoms with van der Waals surface area (Å²) < 4.78 is 68.4. The van der Waals surface area contributed by atoms with Crippen molar-refractivity contribution in [3.63, 3.8) is 0 Å². The topological polar surface area (TPSA) is 237 Å². The van der Waals surface area contributed by atoms with Crippen molar-refractivity contribution in [2.45, 2.75) is 382 Å². The number of phosphoric acid groups is 2. The number of ether oxygens (including phenoxy) is 4. The maximum atomic E-state index is 13.0. The van der Waals surface area contributed by atoms with Crippen LogP contribution in [0.5, 0.6) is 0 Å². The highest BCUT2D eigenvalue weighted by Gasteiger charge is 2.30. The van der Waals surface area contributed by atoms with Crippen LogP contribution in [0, 0.1) is 23.7 Å². The molecule has 19 heteroatoms. The third-order valence-corrected chi connectivity index (χ3v) is 19.1. The van der Waals surface area contributed by atoms with E-state index in [4.69, 9.17) is 37.0 Å². The molecule has 3 N–H and O–H groups in total. The molecule has 0 rings (SSSR count). The molecular formula is C73H142O17P2. The van der Waals surface area contributed by atoms with Crippen molar-refractivity contribution >= 4 is 39.5 Å². The van der Waals surface area contributed by atoms with Crippen molar-refractivity contribution in [3.05, 3.63) is 0 Å². The first kappa shape index (κ1) is 90.1. The monoisotopic (exact) mass is 1350 g/mol. The zero-order chi connectivity index (χ0) is 68.2. The fourth-order valence-corrected chi connectivity index (χ4v) is 12.6. The normalized spacial score (nSPS) is 14.5. The van der Waals surface area contributed by atoms with Gasteiger partial charge in [0.15, 0.2) is 12.2 Å². The molecule has 92 heavy (non-hydrogen) atoms. The summed E-state index contributed by atoms with van der Waals surface area (Å²) in [5.74, 6) is 0.918. The van der Waals surface area contributed by atoms with Crippen molar-refractivity contribution in [2.75, 3.05) is 39.6 Å². The van der Waals surface area contributed by atoms with Crippen LogP contribution in [0.2, 0.25) is 0 Å². The Labute approximate surface area is 562 Å². The van der Waals surface area contributed by atoms with E-state index in [1.807, 2.05) is 0 Å². The molecule has 4 unspecified atom stereocenters. The largest absolute Gasteiger partial charge is 0.472 e. The van der Waals surface area contributed by atoms with E-state index in [0.29, 0.717) is 31.6 Å². The lowest BCUT2D eigenvalue weighted by atomic mass is 9.99. The third kappa shape index (κ3) is 65.4. The van der Waals surface area contributed by atoms with Crippen molar-refractivity contribution in [1.82, 2.24) is 0 Å². The second kappa shape index (κ2) is 62.6. The summed E-state index contributed by atoms with van der Waals surface area (Å²) in [5, 5.41) is 10.6. The highest BCUT2D eigenvalue weighted by atomic mass is 31.2. The van der Waals surface area contributed by atoms with E-state index < -0.39 is 97.5 Å². The van der Waals surface area contributed by atoms with Gasteiger partial charge in [0.1, 0.15) is 19.3 Å². The quantitative estimate of drug-likeness (QED) is 0.0222. The molecule has 0 aromatic heterocycles. The molecule has 0 aliphatic heterocycles. The van der Waals surface area contributed by atoms with Crippen molar-refractivity contribution in [1.29, 1.82) is 0 Å². The minimum absolute atomic E-state index is 0.105. The Kier molecular flexibility index (Phi) is 61.3. The predicted octanol–water partition coefficient (Wildman–Crippen LogP) is 20.9. The van der Waals surface area contributed by atoms with Crippen LogP contribution in [-0.2, 0) is 65.4 Å². The van der Waals surface area contributed by atoms with Gasteiger partial charge in [-0.1, -0.05) is 312 Å². The highest BCUT2D eigenvalue weighted by molar-refractivity contribution is 7.47. The van der Waals surface area contributed by atoms with Gasteiger partial charge in [-0.2, -0.15) is 0 Å². The van der Waals surface area contributed by atoms with Gasteiger partial charge in [-0.25, -0.2) is 9.13 Å². The van der Waals surface area contributed by atoms with E-state index in [1.165, 1.54) is 161 Å². The molecule has 0 fully saturated rings. The molecule has 0 aromatic rings. The molecule has 0 spiro atoms. The minimum Gasteiger partial charge on any atom is -0.462 e. The van der Waals surface area contributed by atoms with Crippen LogP contribution in [0.25, 0.3) is 0 Å². The van der Waals surface area contributed by atoms with Gasteiger partial charge in [-0.3, -0.25) is 37.3 Å². The van der Waals surface area contributed by atoms with Crippen LogP contribution in [-0.4, -0.2) is 96.7 Å². The maximum absolute atomic E-state index is 13.0. The Morgan fingerprint density at radius 3 is 0.772 bits per heavy atom. The van der Waals surface area contributed by atoms with E-state index in [9.17, 15) is 43.2 Å². The van der Waals surface area contributed by atoms with Crippen LogP contribution in [0.3, 0.4) is 0 Å². The van der Waals surface area contributed by atoms with Crippen LogP contribution in [0.1, 0.15) is 364 Å². The number of unbranched alkanes of at least 4 members (excludes halogenated alkanes) is 35. The predicted molar refractivity (Wildman–Crippen MR) is 372 cm³/mol. The minimum atomic E-state index is -4.95. The molecule has 0 heterocycles. The van der Waals surface area contributed by atoms with Gasteiger partial charge >= 0.3 is 39.5 Å². The lowest BCUT2D eigenvalue weighted by molar-refractivity contribution is -0.161. The second-order valence-corrected chi connectivity index (χ2v) is 30.9. The molecule has 0 radical (unpaired) electrons. The number of phosphoric ester groups is 2. The molecule has 0 aliphatic rings. The van der Waals surface area contributed by atoms with Gasteiger partial charge < -0.3 is 33.8 Å². The molecule has 546 valence electrons. The summed E-state index contributed by atoms with van der Waals surface area (Å²) in [6.45, 7) is 14.2. The average Bonchev–Trinajstić information content (AvgIpc) is 3.16. The van der Waals surface area contributed by atoms with E-state index >= 15 is 0 Å². The fourth-order valence-electron chi connectivity index (χ4n) is 11.0. The van der Waals surface area contributed by atoms with Gasteiger partial charge in [0.2, 0.25) is 0 Å². The molecule has 6 atom stereocenters. The summed E-state index contributed by atoms with van der Waals surface area (Å²) in [5.41, 5.74) is 0. The number of esters is 4. The zero-order valence-electron chi connectivity index (χ0n) is 60.2. The van der Waals surface area contributed by atoms with Crippen molar-refractivity contribution in [3.8, 4) is 0 Å². The van der Waals surface area contributed by atoms with Crippen LogP contribution in [0.4, 0.5) is 0 Å². The smallest absolute Gasteiger partial charge is 0.462 e. The Morgan fingerprint density at radius 1 is 0.304 bits per heavy atom. The number of aliphatic hydroxyl groups is 1. The molecule has 0 saturated heterocycles. The van der Waals surface area contributed by atoms with E-state index in [0.717, 1.165) is 114 Å². The summed E-state index contributed by atoms with van der Waals surface area (Å²) in [4.78, 5) is 72.7. The molecule has 0 amide bonds. The molecule has 0 aromatic carbocycles. The van der Waals surface area contributed by atoms with E-state index in [-0.39, 0.29) is 25.7 Å². The van der Waals surface area contributed by atoms with Crippen molar-refractivity contribution in [2.24, 2.45) is 23.7 Å². The number of hydrogen-bond donors (Lipinski definition) is 3. The fraction of sp³-hybridized carbons (Fsp3) is 0.945. The van der Waals surface area contributed by atoms with E-state index in [1.54, 1.807) is 0 Å². The van der Waals surface area contributed by atoms with Crippen LogP contribution < -0.4 is 0 Å². The summed E-state index contributed by atoms with van der Waals surface area (Å²) >= 11 is 0. The number of aliphatic hydroxyl groups excluding tert-OH is 1. The average molecular weight is 1350 g/mol. The maximum Gasteiger partial charge on any atom is 0.472 e. The number of rotatable bonds is 70. The van der Waals surface area contributed by atoms with Crippen LogP contribution in [0.15, 0.2) is 0 Å². The van der Waals surface area contributed by atoms with Gasteiger partial charge in [0, 0.05) is 25.7 Å². The van der Waals surface area contributed by atoms with Crippen molar-refractivity contribution < 1.29 is 80.2 Å². The number of carbonyl (C=O) groups is 4. The third-order valence-electron chi connectivity index (χ3n) is 17.2. The van der Waals surface area contributed by atoms with Gasteiger partial charge in [0.05, 0.1) is 26.4 Å². The molecule has 0 saturated carbocycles.